The Morgan fingerprint density at radius 1 is 1.00 bits per heavy atom. The molecule has 1 aliphatic rings. The average molecular weight is 425 g/mol. The third kappa shape index (κ3) is 3.67. The Hall–Kier alpha value is -3.83. The number of carbonyl (C=O) groups is 1. The third-order valence-corrected chi connectivity index (χ3v) is 5.75. The molecule has 4 aromatic rings. The lowest BCUT2D eigenvalue weighted by Gasteiger charge is -2.21. The summed E-state index contributed by atoms with van der Waals surface area (Å²) in [4.78, 5) is 14.3. The van der Waals surface area contributed by atoms with Crippen molar-refractivity contribution >= 4 is 22.8 Å². The van der Waals surface area contributed by atoms with Crippen LogP contribution in [0.15, 0.2) is 76.9 Å². The first-order chi connectivity index (χ1) is 15.5. The minimum atomic E-state index is -0.222. The SMILES string of the molecule is Cc1cc([O-])c(C[NH+](C)Cc2ccccc2)c2c1C(=O)/C(=C/c1cc3ccccc3o1)O2. The van der Waals surface area contributed by atoms with Crippen LogP contribution in [0.3, 0.4) is 0 Å². The van der Waals surface area contributed by atoms with E-state index in [1.54, 1.807) is 13.0 Å². The average Bonchev–Trinajstić information content (AvgIpc) is 3.33. The van der Waals surface area contributed by atoms with Gasteiger partial charge in [-0.25, -0.2) is 0 Å². The summed E-state index contributed by atoms with van der Waals surface area (Å²) in [5.74, 6) is 0.770. The van der Waals surface area contributed by atoms with Crippen molar-refractivity contribution in [3.05, 3.63) is 101 Å². The topological polar surface area (TPSA) is 66.9 Å². The van der Waals surface area contributed by atoms with Gasteiger partial charge in [-0.3, -0.25) is 4.79 Å². The summed E-state index contributed by atoms with van der Waals surface area (Å²) in [7, 11) is 2.03. The zero-order valence-electron chi connectivity index (χ0n) is 18.0. The van der Waals surface area contributed by atoms with Gasteiger partial charge < -0.3 is 19.2 Å². The fourth-order valence-electron chi connectivity index (χ4n) is 4.25. The van der Waals surface area contributed by atoms with Gasteiger partial charge in [0.2, 0.25) is 5.78 Å². The van der Waals surface area contributed by atoms with Gasteiger partial charge in [0, 0.05) is 22.6 Å². The summed E-state index contributed by atoms with van der Waals surface area (Å²) in [5, 5.41) is 13.8. The number of carbonyl (C=O) groups excluding carboxylic acids is 1. The number of hydrogen-bond donors (Lipinski definition) is 1. The van der Waals surface area contributed by atoms with E-state index >= 15 is 0 Å². The Bertz CT molecular complexity index is 1320. The quantitative estimate of drug-likeness (QED) is 0.496. The smallest absolute Gasteiger partial charge is 0.232 e. The van der Waals surface area contributed by atoms with Crippen LogP contribution in [0.1, 0.15) is 32.8 Å². The van der Waals surface area contributed by atoms with Crippen LogP contribution < -0.4 is 14.7 Å². The van der Waals surface area contributed by atoms with E-state index in [1.165, 1.54) is 11.6 Å². The molecule has 0 saturated heterocycles. The maximum absolute atomic E-state index is 13.1. The highest BCUT2D eigenvalue weighted by Crippen LogP contribution is 2.40. The Morgan fingerprint density at radius 2 is 1.75 bits per heavy atom. The van der Waals surface area contributed by atoms with Crippen LogP contribution in [0.2, 0.25) is 0 Å². The first kappa shape index (κ1) is 20.1. The first-order valence-corrected chi connectivity index (χ1v) is 10.6. The molecule has 0 spiro atoms. The van der Waals surface area contributed by atoms with Gasteiger partial charge in [0.05, 0.1) is 12.6 Å². The number of aryl methyl sites for hydroxylation is 1. The van der Waals surface area contributed by atoms with E-state index in [0.717, 1.165) is 22.4 Å². The van der Waals surface area contributed by atoms with Gasteiger partial charge in [-0.15, -0.1) is 0 Å². The zero-order valence-corrected chi connectivity index (χ0v) is 18.0. The van der Waals surface area contributed by atoms with E-state index in [9.17, 15) is 9.90 Å². The van der Waals surface area contributed by atoms with Crippen LogP contribution in [-0.4, -0.2) is 12.8 Å². The maximum atomic E-state index is 13.1. The van der Waals surface area contributed by atoms with Gasteiger partial charge in [0.1, 0.15) is 30.2 Å². The number of nitrogens with one attached hydrogen (secondary N) is 1. The molecule has 1 aromatic heterocycles. The van der Waals surface area contributed by atoms with Crippen molar-refractivity contribution in [2.24, 2.45) is 0 Å². The number of hydrogen-bond acceptors (Lipinski definition) is 4. The van der Waals surface area contributed by atoms with Gasteiger partial charge in [-0.1, -0.05) is 60.3 Å². The standard InChI is InChI=1S/C27H23NO4/c1-17-12-22(29)21(16-28(2)15-18-8-4-3-5-9-18)27-25(17)26(30)24(32-27)14-20-13-19-10-6-7-11-23(19)31-20/h3-14,29H,15-16H2,1-2H3/b24-14-. The van der Waals surface area contributed by atoms with E-state index in [4.69, 9.17) is 9.15 Å². The summed E-state index contributed by atoms with van der Waals surface area (Å²) < 4.78 is 11.8. The Labute approximate surface area is 186 Å². The zero-order chi connectivity index (χ0) is 22.2. The Morgan fingerprint density at radius 3 is 2.53 bits per heavy atom. The van der Waals surface area contributed by atoms with Crippen molar-refractivity contribution in [2.45, 2.75) is 20.0 Å². The second-order valence-electron chi connectivity index (χ2n) is 8.30. The largest absolute Gasteiger partial charge is 0.872 e. The molecule has 1 unspecified atom stereocenters. The van der Waals surface area contributed by atoms with Gasteiger partial charge in [-0.05, 0) is 24.6 Å². The fraction of sp³-hybridized carbons (Fsp3) is 0.148. The number of benzene rings is 3. The number of fused-ring (bicyclic) bond motifs is 2. The molecule has 1 atom stereocenters. The van der Waals surface area contributed by atoms with Crippen molar-refractivity contribution in [2.75, 3.05) is 7.05 Å². The lowest BCUT2D eigenvalue weighted by Crippen LogP contribution is -3.06. The van der Waals surface area contributed by atoms with Crippen LogP contribution in [0.25, 0.3) is 17.0 Å². The molecule has 0 radical (unpaired) electrons. The molecule has 0 amide bonds. The summed E-state index contributed by atoms with van der Waals surface area (Å²) >= 11 is 0. The fourth-order valence-corrected chi connectivity index (χ4v) is 4.25. The van der Waals surface area contributed by atoms with Crippen LogP contribution in [0.4, 0.5) is 0 Å². The molecule has 5 heteroatoms. The molecule has 0 saturated carbocycles. The number of ether oxygens (including phenoxy) is 1. The van der Waals surface area contributed by atoms with Crippen molar-refractivity contribution in [1.29, 1.82) is 0 Å². The highest BCUT2D eigenvalue weighted by Gasteiger charge is 2.33. The van der Waals surface area contributed by atoms with E-state index in [-0.39, 0.29) is 17.3 Å². The number of quaternary nitrogens is 1. The molecule has 1 aliphatic heterocycles. The van der Waals surface area contributed by atoms with Crippen molar-refractivity contribution in [1.82, 2.24) is 0 Å². The predicted octanol–water partition coefficient (Wildman–Crippen LogP) is 3.65. The van der Waals surface area contributed by atoms with Gasteiger partial charge in [0.15, 0.2) is 5.76 Å². The minimum Gasteiger partial charge on any atom is -0.872 e. The van der Waals surface area contributed by atoms with E-state index in [0.29, 0.717) is 34.7 Å². The van der Waals surface area contributed by atoms with Gasteiger partial charge in [0.25, 0.3) is 0 Å². The van der Waals surface area contributed by atoms with Gasteiger partial charge >= 0.3 is 0 Å². The molecule has 5 nitrogen and oxygen atoms in total. The number of rotatable bonds is 5. The van der Waals surface area contributed by atoms with Crippen molar-refractivity contribution in [3.63, 3.8) is 0 Å². The lowest BCUT2D eigenvalue weighted by atomic mass is 9.99. The molecule has 1 N–H and O–H groups in total. The highest BCUT2D eigenvalue weighted by atomic mass is 16.5. The molecule has 0 fully saturated rings. The first-order valence-electron chi connectivity index (χ1n) is 10.6. The molecule has 5 rings (SSSR count). The van der Waals surface area contributed by atoms with Crippen LogP contribution in [0, 0.1) is 6.92 Å². The number of Topliss-reactive ketones (excluding diaryl/α,β-unsaturated/α-hetero) is 1. The monoisotopic (exact) mass is 425 g/mol. The Balaban J connectivity index is 1.46. The van der Waals surface area contributed by atoms with Crippen molar-refractivity contribution in [3.8, 4) is 11.5 Å². The predicted molar refractivity (Wildman–Crippen MR) is 121 cm³/mol. The van der Waals surface area contributed by atoms with Gasteiger partial charge in [-0.2, -0.15) is 0 Å². The van der Waals surface area contributed by atoms with Crippen LogP contribution in [0.5, 0.6) is 11.5 Å². The second kappa shape index (κ2) is 8.02. The van der Waals surface area contributed by atoms with E-state index in [2.05, 4.69) is 12.1 Å². The molecule has 3 aromatic carbocycles. The van der Waals surface area contributed by atoms with Crippen molar-refractivity contribution < 1.29 is 24.0 Å². The molecule has 160 valence electrons. The second-order valence-corrected chi connectivity index (χ2v) is 8.30. The molecule has 0 bridgehead atoms. The van der Waals surface area contributed by atoms with E-state index in [1.807, 2.05) is 55.6 Å². The maximum Gasteiger partial charge on any atom is 0.232 e. The molecule has 2 heterocycles. The number of ketones is 1. The number of para-hydroxylation sites is 1. The molecular formula is C27H23NO4. The summed E-state index contributed by atoms with van der Waals surface area (Å²) in [5.41, 5.74) is 3.55. The third-order valence-electron chi connectivity index (χ3n) is 5.75. The summed E-state index contributed by atoms with van der Waals surface area (Å²) in [6.45, 7) is 3.00. The highest BCUT2D eigenvalue weighted by molar-refractivity contribution is 6.15. The molecule has 0 aliphatic carbocycles. The van der Waals surface area contributed by atoms with Crippen LogP contribution >= 0.6 is 0 Å². The normalized spacial score (nSPS) is 15.2. The molecule has 32 heavy (non-hydrogen) atoms. The number of furan rings is 1. The minimum absolute atomic E-state index is 0.105. The summed E-state index contributed by atoms with van der Waals surface area (Å²) in [6, 6.07) is 21.2. The number of allylic oxidation sites excluding steroid dienone is 1. The Kier molecular flexibility index (Phi) is 5.04. The molecular weight excluding hydrogens is 402 g/mol. The lowest BCUT2D eigenvalue weighted by molar-refractivity contribution is -0.907. The summed E-state index contributed by atoms with van der Waals surface area (Å²) in [6.07, 6.45) is 1.61. The van der Waals surface area contributed by atoms with E-state index < -0.39 is 0 Å². The van der Waals surface area contributed by atoms with Crippen LogP contribution in [-0.2, 0) is 13.1 Å².